The van der Waals surface area contributed by atoms with Gasteiger partial charge in [-0.3, -0.25) is 19.7 Å². The Bertz CT molecular complexity index is 585. The summed E-state index contributed by atoms with van der Waals surface area (Å²) in [7, 11) is 0. The van der Waals surface area contributed by atoms with E-state index in [1.54, 1.807) is 15.9 Å². The van der Waals surface area contributed by atoms with Crippen LogP contribution in [0.1, 0.15) is 24.2 Å². The molecule has 1 aliphatic heterocycles. The Labute approximate surface area is 115 Å². The molecule has 0 aliphatic carbocycles. The number of likely N-dealkylation sites (N-methyl/N-ethyl adjacent to an activating group) is 1. The van der Waals surface area contributed by atoms with E-state index in [2.05, 4.69) is 0 Å². The van der Waals surface area contributed by atoms with Gasteiger partial charge in [-0.15, -0.1) is 0 Å². The van der Waals surface area contributed by atoms with Gasteiger partial charge in [0, 0.05) is 18.2 Å². The van der Waals surface area contributed by atoms with Crippen LogP contribution in [0.2, 0.25) is 0 Å². The molecular formula is C13H15N3O4. The fraction of sp³-hybridized carbons (Fsp3) is 0.385. The minimum Gasteiger partial charge on any atom is -0.339 e. The number of carbonyl (C=O) groups excluding carboxylic acids is 2. The zero-order valence-corrected chi connectivity index (χ0v) is 11.3. The molecule has 106 valence electrons. The highest BCUT2D eigenvalue weighted by atomic mass is 16.6. The molecular weight excluding hydrogens is 262 g/mol. The van der Waals surface area contributed by atoms with E-state index < -0.39 is 4.92 Å². The molecule has 1 amide bonds. The lowest BCUT2D eigenvalue weighted by atomic mass is 10.1. The second-order valence-electron chi connectivity index (χ2n) is 4.61. The molecule has 1 aromatic rings. The molecule has 0 atom stereocenters. The first-order chi connectivity index (χ1) is 9.43. The summed E-state index contributed by atoms with van der Waals surface area (Å²) < 4.78 is 0. The second kappa shape index (κ2) is 5.28. The van der Waals surface area contributed by atoms with E-state index in [1.165, 1.54) is 19.1 Å². The average molecular weight is 277 g/mol. The molecule has 1 heterocycles. The number of carbonyl (C=O) groups is 2. The van der Waals surface area contributed by atoms with Crippen LogP contribution in [0.4, 0.5) is 11.4 Å². The quantitative estimate of drug-likeness (QED) is 0.472. The van der Waals surface area contributed by atoms with Crippen LogP contribution in [-0.4, -0.2) is 41.3 Å². The molecule has 20 heavy (non-hydrogen) atoms. The highest BCUT2D eigenvalue weighted by Gasteiger charge is 2.30. The fourth-order valence-corrected chi connectivity index (χ4v) is 2.19. The number of rotatable bonds is 4. The zero-order valence-electron chi connectivity index (χ0n) is 11.3. The highest BCUT2D eigenvalue weighted by Crippen LogP contribution is 2.31. The Morgan fingerprint density at radius 2 is 2.15 bits per heavy atom. The van der Waals surface area contributed by atoms with E-state index >= 15 is 0 Å². The first-order valence-electron chi connectivity index (χ1n) is 6.26. The Morgan fingerprint density at radius 1 is 1.45 bits per heavy atom. The van der Waals surface area contributed by atoms with Gasteiger partial charge in [-0.25, -0.2) is 0 Å². The SMILES string of the molecule is CCN1CN(c2ccc(C(C)=O)cc2[N+](=O)[O-])CC1=O. The van der Waals surface area contributed by atoms with Crippen molar-refractivity contribution in [3.63, 3.8) is 0 Å². The number of anilines is 1. The standard InChI is InChI=1S/C13H15N3O4/c1-3-14-8-15(7-13(14)18)11-5-4-10(9(2)17)6-12(11)16(19)20/h4-6H,3,7-8H2,1-2H3. The van der Waals surface area contributed by atoms with Crippen LogP contribution in [0.3, 0.4) is 0 Å². The van der Waals surface area contributed by atoms with Crippen molar-refractivity contribution < 1.29 is 14.5 Å². The summed E-state index contributed by atoms with van der Waals surface area (Å²) in [5.74, 6) is -0.287. The van der Waals surface area contributed by atoms with Gasteiger partial charge in [0.15, 0.2) is 5.78 Å². The predicted octanol–water partition coefficient (Wildman–Crippen LogP) is 1.42. The number of nitro benzene ring substituents is 1. The Hall–Kier alpha value is -2.44. The van der Waals surface area contributed by atoms with Crippen molar-refractivity contribution in [3.8, 4) is 0 Å². The monoisotopic (exact) mass is 277 g/mol. The number of hydrogen-bond donors (Lipinski definition) is 0. The maximum atomic E-state index is 11.7. The van der Waals surface area contributed by atoms with Gasteiger partial charge in [0.25, 0.3) is 5.69 Å². The average Bonchev–Trinajstić information content (AvgIpc) is 2.79. The van der Waals surface area contributed by atoms with Crippen molar-refractivity contribution in [1.82, 2.24) is 4.90 Å². The first kappa shape index (κ1) is 14.0. The lowest BCUT2D eigenvalue weighted by Gasteiger charge is -2.18. The summed E-state index contributed by atoms with van der Waals surface area (Å²) in [6, 6.07) is 4.34. The number of hydrogen-bond acceptors (Lipinski definition) is 5. The number of amides is 1. The number of nitro groups is 1. The zero-order chi connectivity index (χ0) is 14.9. The molecule has 1 fully saturated rings. The smallest absolute Gasteiger partial charge is 0.293 e. The Morgan fingerprint density at radius 3 is 2.65 bits per heavy atom. The molecule has 7 heteroatoms. The summed E-state index contributed by atoms with van der Waals surface area (Å²) in [5.41, 5.74) is 0.506. The first-order valence-corrected chi connectivity index (χ1v) is 6.26. The van der Waals surface area contributed by atoms with Gasteiger partial charge < -0.3 is 9.80 Å². The van der Waals surface area contributed by atoms with Crippen molar-refractivity contribution >= 4 is 23.1 Å². The Kier molecular flexibility index (Phi) is 3.69. The van der Waals surface area contributed by atoms with Gasteiger partial charge in [0.1, 0.15) is 5.69 Å². The minimum absolute atomic E-state index is 0.0579. The number of ketones is 1. The van der Waals surface area contributed by atoms with Crippen LogP contribution in [-0.2, 0) is 4.79 Å². The fourth-order valence-electron chi connectivity index (χ4n) is 2.19. The van der Waals surface area contributed by atoms with Crippen molar-refractivity contribution in [2.24, 2.45) is 0 Å². The van der Waals surface area contributed by atoms with Crippen molar-refractivity contribution in [2.45, 2.75) is 13.8 Å². The van der Waals surface area contributed by atoms with Gasteiger partial charge in [-0.1, -0.05) is 0 Å². The van der Waals surface area contributed by atoms with E-state index in [0.29, 0.717) is 24.5 Å². The molecule has 7 nitrogen and oxygen atoms in total. The normalized spacial score (nSPS) is 14.8. The molecule has 0 saturated carbocycles. The highest BCUT2D eigenvalue weighted by molar-refractivity contribution is 5.96. The summed E-state index contributed by atoms with van der Waals surface area (Å²) in [4.78, 5) is 36.9. The maximum Gasteiger partial charge on any atom is 0.293 e. The lowest BCUT2D eigenvalue weighted by molar-refractivity contribution is -0.384. The summed E-state index contributed by atoms with van der Waals surface area (Å²) in [5, 5.41) is 11.2. The summed E-state index contributed by atoms with van der Waals surface area (Å²) >= 11 is 0. The molecule has 1 aromatic carbocycles. The molecule has 0 unspecified atom stereocenters. The number of benzene rings is 1. The van der Waals surface area contributed by atoms with Crippen LogP contribution < -0.4 is 4.90 Å². The second-order valence-corrected chi connectivity index (χ2v) is 4.61. The molecule has 0 N–H and O–H groups in total. The van der Waals surface area contributed by atoms with E-state index in [1.807, 2.05) is 6.92 Å². The molecule has 2 rings (SSSR count). The predicted molar refractivity (Wildman–Crippen MR) is 72.7 cm³/mol. The van der Waals surface area contributed by atoms with Gasteiger partial charge in [0.05, 0.1) is 18.1 Å². The topological polar surface area (TPSA) is 83.8 Å². The van der Waals surface area contributed by atoms with E-state index in [0.717, 1.165) is 0 Å². The molecule has 0 aromatic heterocycles. The van der Waals surface area contributed by atoms with Crippen LogP contribution >= 0.6 is 0 Å². The molecule has 0 spiro atoms. The third kappa shape index (κ3) is 2.47. The summed E-state index contributed by atoms with van der Waals surface area (Å²) in [6.45, 7) is 4.23. The van der Waals surface area contributed by atoms with Crippen molar-refractivity contribution in [1.29, 1.82) is 0 Å². The van der Waals surface area contributed by atoms with Gasteiger partial charge >= 0.3 is 0 Å². The van der Waals surface area contributed by atoms with Crippen LogP contribution in [0.25, 0.3) is 0 Å². The molecule has 0 radical (unpaired) electrons. The summed E-state index contributed by atoms with van der Waals surface area (Å²) in [6.07, 6.45) is 0. The largest absolute Gasteiger partial charge is 0.339 e. The van der Waals surface area contributed by atoms with Gasteiger partial charge in [-0.05, 0) is 26.0 Å². The van der Waals surface area contributed by atoms with Crippen LogP contribution in [0, 0.1) is 10.1 Å². The van der Waals surface area contributed by atoms with Crippen molar-refractivity contribution in [2.75, 3.05) is 24.7 Å². The third-order valence-corrected chi connectivity index (χ3v) is 3.32. The van der Waals surface area contributed by atoms with Gasteiger partial charge in [0.2, 0.25) is 5.91 Å². The molecule has 1 saturated heterocycles. The van der Waals surface area contributed by atoms with Crippen LogP contribution in [0.15, 0.2) is 18.2 Å². The van der Waals surface area contributed by atoms with E-state index in [4.69, 9.17) is 0 Å². The van der Waals surface area contributed by atoms with Crippen molar-refractivity contribution in [3.05, 3.63) is 33.9 Å². The number of Topliss-reactive ketones (excluding diaryl/α,β-unsaturated/α-hetero) is 1. The van der Waals surface area contributed by atoms with Gasteiger partial charge in [-0.2, -0.15) is 0 Å². The Balaban J connectivity index is 2.39. The van der Waals surface area contributed by atoms with E-state index in [9.17, 15) is 19.7 Å². The molecule has 0 bridgehead atoms. The maximum absolute atomic E-state index is 11.7. The van der Waals surface area contributed by atoms with Crippen LogP contribution in [0.5, 0.6) is 0 Å². The molecule has 1 aliphatic rings. The third-order valence-electron chi connectivity index (χ3n) is 3.32. The minimum atomic E-state index is -0.527. The lowest BCUT2D eigenvalue weighted by Crippen LogP contribution is -2.27. The number of nitrogens with zero attached hydrogens (tertiary/aromatic N) is 3. The van der Waals surface area contributed by atoms with E-state index in [-0.39, 0.29) is 23.9 Å².